The maximum atomic E-state index is 11.9. The van der Waals surface area contributed by atoms with Crippen LogP contribution in [0.15, 0.2) is 6.20 Å². The van der Waals surface area contributed by atoms with Gasteiger partial charge in [0.25, 0.3) is 0 Å². The van der Waals surface area contributed by atoms with Gasteiger partial charge in [-0.3, -0.25) is 4.39 Å². The van der Waals surface area contributed by atoms with E-state index >= 15 is 0 Å². The van der Waals surface area contributed by atoms with E-state index < -0.39 is 0 Å². The van der Waals surface area contributed by atoms with Gasteiger partial charge in [-0.05, 0) is 38.3 Å². The van der Waals surface area contributed by atoms with E-state index in [0.717, 1.165) is 6.54 Å². The van der Waals surface area contributed by atoms with Crippen molar-refractivity contribution in [1.29, 1.82) is 0 Å². The second kappa shape index (κ2) is 3.74. The molecule has 1 aromatic heterocycles. The van der Waals surface area contributed by atoms with Gasteiger partial charge in [0, 0.05) is 18.4 Å². The molecule has 0 saturated carbocycles. The van der Waals surface area contributed by atoms with Gasteiger partial charge in [0.15, 0.2) is 0 Å². The van der Waals surface area contributed by atoms with Gasteiger partial charge in [-0.2, -0.15) is 0 Å². The zero-order chi connectivity index (χ0) is 9.14. The molecule has 0 bridgehead atoms. The molecular formula is C10H16FN. The summed E-state index contributed by atoms with van der Waals surface area (Å²) >= 11 is 0. The lowest BCUT2D eigenvalue weighted by Gasteiger charge is -2.03. The number of halogens is 1. The average molecular weight is 169 g/mol. The molecular weight excluding hydrogens is 153 g/mol. The molecule has 0 unspecified atom stereocenters. The molecule has 1 nitrogen and oxygen atoms in total. The summed E-state index contributed by atoms with van der Waals surface area (Å²) in [5, 5.41) is 0. The normalized spacial score (nSPS) is 10.7. The van der Waals surface area contributed by atoms with Crippen molar-refractivity contribution in [2.45, 2.75) is 33.7 Å². The second-order valence-electron chi connectivity index (χ2n) is 3.26. The Kier molecular flexibility index (Phi) is 2.90. The van der Waals surface area contributed by atoms with E-state index in [1.807, 2.05) is 0 Å². The van der Waals surface area contributed by atoms with Gasteiger partial charge in [-0.1, -0.05) is 0 Å². The molecule has 68 valence electrons. The summed E-state index contributed by atoms with van der Waals surface area (Å²) in [6.07, 6.45) is 2.72. The molecule has 0 aliphatic rings. The Morgan fingerprint density at radius 1 is 1.33 bits per heavy atom. The Morgan fingerprint density at radius 2 is 2.00 bits per heavy atom. The summed E-state index contributed by atoms with van der Waals surface area (Å²) in [7, 11) is 0. The minimum Gasteiger partial charge on any atom is -0.351 e. The highest BCUT2D eigenvalue weighted by atomic mass is 19.1. The minimum absolute atomic E-state index is 0.226. The summed E-state index contributed by atoms with van der Waals surface area (Å²) in [5.41, 5.74) is 3.89. The Bertz CT molecular complexity index is 263. The van der Waals surface area contributed by atoms with Crippen molar-refractivity contribution >= 4 is 0 Å². The van der Waals surface area contributed by atoms with E-state index in [0.29, 0.717) is 6.42 Å². The predicted molar refractivity (Wildman–Crippen MR) is 49.2 cm³/mol. The highest BCUT2D eigenvalue weighted by Gasteiger charge is 2.03. The zero-order valence-electron chi connectivity index (χ0n) is 8.02. The molecule has 0 spiro atoms. The van der Waals surface area contributed by atoms with Crippen LogP contribution in [0.5, 0.6) is 0 Å². The van der Waals surface area contributed by atoms with Gasteiger partial charge >= 0.3 is 0 Å². The Hall–Kier alpha value is -0.790. The number of aryl methyl sites for hydroxylation is 2. The third kappa shape index (κ3) is 1.68. The fourth-order valence-corrected chi connectivity index (χ4v) is 1.39. The Morgan fingerprint density at radius 3 is 2.42 bits per heavy atom. The molecule has 12 heavy (non-hydrogen) atoms. The van der Waals surface area contributed by atoms with E-state index in [1.54, 1.807) is 0 Å². The van der Waals surface area contributed by atoms with Gasteiger partial charge in [-0.15, -0.1) is 0 Å². The Labute approximate surface area is 73.2 Å². The second-order valence-corrected chi connectivity index (χ2v) is 3.26. The number of hydrogen-bond donors (Lipinski definition) is 0. The molecule has 1 aromatic rings. The van der Waals surface area contributed by atoms with Crippen LogP contribution in [-0.2, 0) is 6.54 Å². The SMILES string of the molecule is Cc1cn(CCCF)c(C)c1C. The van der Waals surface area contributed by atoms with E-state index in [2.05, 4.69) is 31.5 Å². The first-order valence-electron chi connectivity index (χ1n) is 4.35. The number of aromatic nitrogens is 1. The monoisotopic (exact) mass is 169 g/mol. The van der Waals surface area contributed by atoms with Gasteiger partial charge in [0.1, 0.15) is 0 Å². The van der Waals surface area contributed by atoms with Crippen molar-refractivity contribution in [3.8, 4) is 0 Å². The summed E-state index contributed by atoms with van der Waals surface area (Å²) in [6, 6.07) is 0. The molecule has 0 aliphatic heterocycles. The maximum absolute atomic E-state index is 11.9. The fourth-order valence-electron chi connectivity index (χ4n) is 1.39. The topological polar surface area (TPSA) is 4.93 Å². The zero-order valence-corrected chi connectivity index (χ0v) is 8.02. The van der Waals surface area contributed by atoms with Crippen LogP contribution in [0, 0.1) is 20.8 Å². The van der Waals surface area contributed by atoms with Crippen molar-refractivity contribution in [2.75, 3.05) is 6.67 Å². The van der Waals surface area contributed by atoms with Gasteiger partial charge in [0.2, 0.25) is 0 Å². The predicted octanol–water partition coefficient (Wildman–Crippen LogP) is 2.77. The molecule has 0 atom stereocenters. The quantitative estimate of drug-likeness (QED) is 0.655. The molecule has 0 saturated heterocycles. The molecule has 1 heterocycles. The summed E-state index contributed by atoms with van der Waals surface area (Å²) in [5.74, 6) is 0. The number of alkyl halides is 1. The highest BCUT2D eigenvalue weighted by molar-refractivity contribution is 5.28. The maximum Gasteiger partial charge on any atom is 0.0911 e. The molecule has 0 fully saturated rings. The molecule has 1 rings (SSSR count). The first kappa shape index (κ1) is 9.30. The van der Waals surface area contributed by atoms with Crippen molar-refractivity contribution in [3.63, 3.8) is 0 Å². The lowest BCUT2D eigenvalue weighted by molar-refractivity contribution is 0.445. The van der Waals surface area contributed by atoms with Crippen LogP contribution in [0.1, 0.15) is 23.2 Å². The van der Waals surface area contributed by atoms with E-state index in [-0.39, 0.29) is 6.67 Å². The minimum atomic E-state index is -0.226. The van der Waals surface area contributed by atoms with Crippen molar-refractivity contribution in [1.82, 2.24) is 4.57 Å². The van der Waals surface area contributed by atoms with Crippen molar-refractivity contribution in [2.24, 2.45) is 0 Å². The first-order valence-corrected chi connectivity index (χ1v) is 4.35. The number of rotatable bonds is 3. The van der Waals surface area contributed by atoms with Crippen LogP contribution in [0.25, 0.3) is 0 Å². The molecule has 2 heteroatoms. The average Bonchev–Trinajstić information content (AvgIpc) is 2.30. The van der Waals surface area contributed by atoms with E-state index in [1.165, 1.54) is 16.8 Å². The van der Waals surface area contributed by atoms with E-state index in [4.69, 9.17) is 0 Å². The van der Waals surface area contributed by atoms with Crippen molar-refractivity contribution in [3.05, 3.63) is 23.0 Å². The molecule has 0 aliphatic carbocycles. The van der Waals surface area contributed by atoms with Gasteiger partial charge in [0.05, 0.1) is 6.67 Å². The Balaban J connectivity index is 2.79. The third-order valence-corrected chi connectivity index (χ3v) is 2.45. The summed E-state index contributed by atoms with van der Waals surface area (Å²) in [6.45, 7) is 6.86. The molecule has 0 radical (unpaired) electrons. The van der Waals surface area contributed by atoms with Crippen LogP contribution < -0.4 is 0 Å². The van der Waals surface area contributed by atoms with Crippen LogP contribution in [0.4, 0.5) is 4.39 Å². The van der Waals surface area contributed by atoms with Gasteiger partial charge in [-0.25, -0.2) is 0 Å². The third-order valence-electron chi connectivity index (χ3n) is 2.45. The lowest BCUT2D eigenvalue weighted by atomic mass is 10.2. The summed E-state index contributed by atoms with van der Waals surface area (Å²) in [4.78, 5) is 0. The number of nitrogens with zero attached hydrogens (tertiary/aromatic N) is 1. The summed E-state index contributed by atoms with van der Waals surface area (Å²) < 4.78 is 14.0. The van der Waals surface area contributed by atoms with Crippen LogP contribution in [0.2, 0.25) is 0 Å². The largest absolute Gasteiger partial charge is 0.351 e. The first-order chi connectivity index (χ1) is 5.66. The highest BCUT2D eigenvalue weighted by Crippen LogP contribution is 2.14. The fraction of sp³-hybridized carbons (Fsp3) is 0.600. The number of hydrogen-bond acceptors (Lipinski definition) is 0. The van der Waals surface area contributed by atoms with Crippen LogP contribution >= 0.6 is 0 Å². The van der Waals surface area contributed by atoms with E-state index in [9.17, 15) is 4.39 Å². The molecule has 0 N–H and O–H groups in total. The smallest absolute Gasteiger partial charge is 0.0911 e. The molecule has 0 amide bonds. The van der Waals surface area contributed by atoms with Gasteiger partial charge < -0.3 is 4.57 Å². The lowest BCUT2D eigenvalue weighted by Crippen LogP contribution is -1.99. The van der Waals surface area contributed by atoms with Crippen LogP contribution in [0.3, 0.4) is 0 Å². The molecule has 0 aromatic carbocycles. The van der Waals surface area contributed by atoms with Crippen molar-refractivity contribution < 1.29 is 4.39 Å². The van der Waals surface area contributed by atoms with Crippen LogP contribution in [-0.4, -0.2) is 11.2 Å². The standard InChI is InChI=1S/C10H16FN/c1-8-7-12(6-4-5-11)10(3)9(8)2/h7H,4-6H2,1-3H3.